The zero-order valence-corrected chi connectivity index (χ0v) is 11.6. The zero-order chi connectivity index (χ0) is 13.4. The van der Waals surface area contributed by atoms with E-state index in [-0.39, 0.29) is 5.89 Å². The lowest BCUT2D eigenvalue weighted by Crippen LogP contribution is -2.04. The highest BCUT2D eigenvalue weighted by Crippen LogP contribution is 2.24. The number of nitrogens with zero attached hydrogens (tertiary/aromatic N) is 2. The van der Waals surface area contributed by atoms with E-state index in [9.17, 15) is 4.79 Å². The Hall–Kier alpha value is -2.01. The lowest BCUT2D eigenvalue weighted by atomic mass is 10.2. The van der Waals surface area contributed by atoms with Gasteiger partial charge in [-0.3, -0.25) is 4.98 Å². The molecule has 19 heavy (non-hydrogen) atoms. The van der Waals surface area contributed by atoms with Gasteiger partial charge in [0.15, 0.2) is 0 Å². The molecule has 0 atom stereocenters. The highest BCUT2D eigenvalue weighted by Gasteiger charge is 2.11. The summed E-state index contributed by atoms with van der Waals surface area (Å²) in [4.78, 5) is 20.4. The number of benzene rings is 1. The van der Waals surface area contributed by atoms with Crippen LogP contribution in [0.1, 0.15) is 5.56 Å². The quantitative estimate of drug-likeness (QED) is 0.691. The Morgan fingerprint density at radius 2 is 2.16 bits per heavy atom. The van der Waals surface area contributed by atoms with Crippen molar-refractivity contribution in [2.75, 3.05) is 0 Å². The molecule has 1 aromatic carbocycles. The largest absolute Gasteiger partial charge is 0.403 e. The lowest BCUT2D eigenvalue weighted by molar-refractivity contribution is 0.518. The van der Waals surface area contributed by atoms with Gasteiger partial charge in [0.25, 0.3) is 0 Å². The van der Waals surface area contributed by atoms with Crippen molar-refractivity contribution in [1.82, 2.24) is 9.97 Å². The number of aromatic nitrogens is 2. The number of hydrogen-bond acceptors (Lipinski definition) is 4. The van der Waals surface area contributed by atoms with Gasteiger partial charge in [0.05, 0.1) is 16.5 Å². The van der Waals surface area contributed by atoms with E-state index in [0.717, 1.165) is 10.0 Å². The molecule has 0 spiro atoms. The third kappa shape index (κ3) is 2.17. The summed E-state index contributed by atoms with van der Waals surface area (Å²) in [5.41, 5.74) is 1.85. The first-order valence-corrected chi connectivity index (χ1v) is 6.46. The molecule has 0 aliphatic rings. The maximum Gasteiger partial charge on any atom is 0.347 e. The molecule has 0 N–H and O–H groups in total. The van der Waals surface area contributed by atoms with E-state index >= 15 is 0 Å². The second-order valence-corrected chi connectivity index (χ2v) is 5.05. The molecule has 0 saturated heterocycles. The molecule has 3 aromatic rings. The summed E-state index contributed by atoms with van der Waals surface area (Å²) in [6, 6.07) is 7.26. The average molecular weight is 317 g/mol. The molecule has 2 heterocycles. The summed E-state index contributed by atoms with van der Waals surface area (Å²) in [7, 11) is 0. The molecule has 0 amide bonds. The van der Waals surface area contributed by atoms with Crippen molar-refractivity contribution in [2.45, 2.75) is 6.92 Å². The van der Waals surface area contributed by atoms with Gasteiger partial charge in [-0.2, -0.15) is 0 Å². The topological polar surface area (TPSA) is 56.0 Å². The molecule has 94 valence electrons. The van der Waals surface area contributed by atoms with Gasteiger partial charge < -0.3 is 4.42 Å². The molecule has 0 aliphatic heterocycles. The van der Waals surface area contributed by atoms with Crippen molar-refractivity contribution in [3.63, 3.8) is 0 Å². The number of aryl methyl sites for hydroxylation is 1. The molecule has 0 radical (unpaired) electrons. The second-order valence-electron chi connectivity index (χ2n) is 4.19. The minimum atomic E-state index is -0.395. The summed E-state index contributed by atoms with van der Waals surface area (Å²) in [5.74, 6) is 0.273. The van der Waals surface area contributed by atoms with E-state index in [1.807, 2.05) is 13.0 Å². The van der Waals surface area contributed by atoms with Crippen molar-refractivity contribution in [3.8, 4) is 11.5 Å². The molecule has 0 aliphatic carbocycles. The van der Waals surface area contributed by atoms with Gasteiger partial charge in [-0.05, 0) is 52.7 Å². The molecule has 5 heteroatoms. The van der Waals surface area contributed by atoms with E-state index in [4.69, 9.17) is 4.42 Å². The van der Waals surface area contributed by atoms with Gasteiger partial charge in [-0.25, -0.2) is 9.78 Å². The Bertz CT molecular complexity index is 813. The number of fused-ring (bicyclic) bond motifs is 1. The van der Waals surface area contributed by atoms with E-state index in [1.54, 1.807) is 30.6 Å². The summed E-state index contributed by atoms with van der Waals surface area (Å²) < 4.78 is 6.04. The van der Waals surface area contributed by atoms with Crippen LogP contribution in [-0.4, -0.2) is 9.97 Å². The maximum atomic E-state index is 12.0. The molecule has 0 unspecified atom stereocenters. The Balaban J connectivity index is 2.34. The predicted octanol–water partition coefficient (Wildman–Crippen LogP) is 3.32. The van der Waals surface area contributed by atoms with E-state index in [2.05, 4.69) is 25.9 Å². The number of halogens is 1. The molecule has 4 nitrogen and oxygen atoms in total. The standard InChI is InChI=1S/C14H9BrN2O2/c1-8-5-10-12(11(15)6-8)17-13(19-14(10)18)9-3-2-4-16-7-9/h2-7H,1H3. The van der Waals surface area contributed by atoms with Crippen LogP contribution in [0.25, 0.3) is 22.4 Å². The monoisotopic (exact) mass is 316 g/mol. The van der Waals surface area contributed by atoms with E-state index in [1.165, 1.54) is 0 Å². The molecule has 0 fully saturated rings. The summed E-state index contributed by atoms with van der Waals surface area (Å²) in [6.45, 7) is 1.92. The van der Waals surface area contributed by atoms with Crippen LogP contribution in [0, 0.1) is 6.92 Å². The van der Waals surface area contributed by atoms with E-state index in [0.29, 0.717) is 16.5 Å². The Labute approximate surface area is 117 Å². The summed E-state index contributed by atoms with van der Waals surface area (Å²) in [6.07, 6.45) is 3.27. The van der Waals surface area contributed by atoms with Crippen LogP contribution in [0.5, 0.6) is 0 Å². The summed E-state index contributed by atoms with van der Waals surface area (Å²) >= 11 is 3.43. The average Bonchev–Trinajstić information content (AvgIpc) is 2.41. The van der Waals surface area contributed by atoms with Crippen molar-refractivity contribution in [2.24, 2.45) is 0 Å². The fourth-order valence-corrected chi connectivity index (χ4v) is 2.55. The summed E-state index contributed by atoms with van der Waals surface area (Å²) in [5, 5.41) is 0.472. The lowest BCUT2D eigenvalue weighted by Gasteiger charge is -2.04. The van der Waals surface area contributed by atoms with Crippen molar-refractivity contribution < 1.29 is 4.42 Å². The minimum Gasteiger partial charge on any atom is -0.403 e. The fourth-order valence-electron chi connectivity index (χ4n) is 1.88. The highest BCUT2D eigenvalue weighted by molar-refractivity contribution is 9.10. The maximum absolute atomic E-state index is 12.0. The van der Waals surface area contributed by atoms with Gasteiger partial charge in [-0.1, -0.05) is 0 Å². The molecule has 0 saturated carbocycles. The normalized spacial score (nSPS) is 10.8. The van der Waals surface area contributed by atoms with Crippen LogP contribution < -0.4 is 5.63 Å². The molecule has 0 bridgehead atoms. The molecule has 2 aromatic heterocycles. The number of pyridine rings is 1. The molecular formula is C14H9BrN2O2. The number of rotatable bonds is 1. The van der Waals surface area contributed by atoms with Gasteiger partial charge >= 0.3 is 5.63 Å². The van der Waals surface area contributed by atoms with Gasteiger partial charge in [0.2, 0.25) is 5.89 Å². The first-order chi connectivity index (χ1) is 9.15. The number of hydrogen-bond donors (Lipinski definition) is 0. The van der Waals surface area contributed by atoms with Gasteiger partial charge in [-0.15, -0.1) is 0 Å². The zero-order valence-electron chi connectivity index (χ0n) is 10.1. The third-order valence-corrected chi connectivity index (χ3v) is 3.34. The van der Waals surface area contributed by atoms with Crippen molar-refractivity contribution in [3.05, 3.63) is 57.1 Å². The fraction of sp³-hybridized carbons (Fsp3) is 0.0714. The Morgan fingerprint density at radius 3 is 2.89 bits per heavy atom. The van der Waals surface area contributed by atoms with Crippen molar-refractivity contribution >= 4 is 26.8 Å². The van der Waals surface area contributed by atoms with Crippen LogP contribution in [0.3, 0.4) is 0 Å². The first-order valence-electron chi connectivity index (χ1n) is 5.66. The SMILES string of the molecule is Cc1cc(Br)c2nc(-c3cccnc3)oc(=O)c2c1. The third-order valence-electron chi connectivity index (χ3n) is 2.74. The van der Waals surface area contributed by atoms with Crippen molar-refractivity contribution in [1.29, 1.82) is 0 Å². The second kappa shape index (κ2) is 4.59. The molecular weight excluding hydrogens is 308 g/mol. The molecule has 3 rings (SSSR count). The Kier molecular flexibility index (Phi) is 2.91. The first kappa shape index (κ1) is 12.0. The smallest absolute Gasteiger partial charge is 0.347 e. The van der Waals surface area contributed by atoms with Gasteiger partial charge in [0.1, 0.15) is 0 Å². The van der Waals surface area contributed by atoms with Crippen LogP contribution in [0.15, 0.2) is 50.3 Å². The minimum absolute atomic E-state index is 0.273. The Morgan fingerprint density at radius 1 is 1.32 bits per heavy atom. The van der Waals surface area contributed by atoms with E-state index < -0.39 is 5.63 Å². The van der Waals surface area contributed by atoms with Crippen LogP contribution >= 0.6 is 15.9 Å². The van der Waals surface area contributed by atoms with Crippen LogP contribution in [0.4, 0.5) is 0 Å². The predicted molar refractivity (Wildman–Crippen MR) is 75.9 cm³/mol. The van der Waals surface area contributed by atoms with Crippen LogP contribution in [-0.2, 0) is 0 Å². The highest BCUT2D eigenvalue weighted by atomic mass is 79.9. The van der Waals surface area contributed by atoms with Crippen LogP contribution in [0.2, 0.25) is 0 Å². The van der Waals surface area contributed by atoms with Gasteiger partial charge in [0, 0.05) is 16.9 Å².